The number of hydrogen-bond acceptors (Lipinski definition) is 3. The van der Waals surface area contributed by atoms with Gasteiger partial charge in [0.2, 0.25) is 0 Å². The van der Waals surface area contributed by atoms with Crippen molar-refractivity contribution < 1.29 is 35.9 Å². The van der Waals surface area contributed by atoms with Crippen LogP contribution in [-0.2, 0) is 15.8 Å². The molecule has 0 saturated heterocycles. The van der Waals surface area contributed by atoms with E-state index in [1.54, 1.807) is 11.4 Å². The van der Waals surface area contributed by atoms with Crippen LogP contribution in [0.15, 0.2) is 54.1 Å². The lowest BCUT2D eigenvalue weighted by molar-refractivity contribution is -0.167. The van der Waals surface area contributed by atoms with E-state index in [4.69, 9.17) is 5.26 Å². The highest BCUT2D eigenvalue weighted by atomic mass is 19.4. The molecule has 0 saturated carbocycles. The highest BCUT2D eigenvalue weighted by molar-refractivity contribution is 6.09. The smallest absolute Gasteiger partial charge is 0.321 e. The van der Waals surface area contributed by atoms with Crippen LogP contribution in [0.5, 0.6) is 0 Å². The van der Waals surface area contributed by atoms with Crippen molar-refractivity contribution in [1.29, 1.82) is 5.26 Å². The van der Waals surface area contributed by atoms with Crippen molar-refractivity contribution in [3.63, 3.8) is 0 Å². The Morgan fingerprint density at radius 2 is 1.50 bits per heavy atom. The Morgan fingerprint density at radius 3 is 2.07 bits per heavy atom. The molecule has 0 aliphatic heterocycles. The summed E-state index contributed by atoms with van der Waals surface area (Å²) in [5.74, 6) is -3.23. The highest BCUT2D eigenvalue weighted by Crippen LogP contribution is 2.30. The van der Waals surface area contributed by atoms with Gasteiger partial charge in [-0.15, -0.1) is 0 Å². The molecule has 2 amide bonds. The molecule has 30 heavy (non-hydrogen) atoms. The SMILES string of the molecule is N#C/C(=C\c1cccc(NC(=O)C(F)(F)F)c1)C(=O)Nc1cccc(C(F)(F)F)c1. The van der Waals surface area contributed by atoms with Crippen LogP contribution >= 0.6 is 0 Å². The summed E-state index contributed by atoms with van der Waals surface area (Å²) in [6.45, 7) is 0. The Balaban J connectivity index is 2.22. The number of halogens is 6. The third-order valence-corrected chi connectivity index (χ3v) is 3.53. The number of carbonyl (C=O) groups excluding carboxylic acids is 2. The largest absolute Gasteiger partial charge is 0.471 e. The first kappa shape index (κ1) is 22.5. The molecule has 0 aliphatic rings. The second-order valence-electron chi connectivity index (χ2n) is 5.78. The van der Waals surface area contributed by atoms with Crippen molar-refractivity contribution in [3.8, 4) is 6.07 Å². The first-order valence-corrected chi connectivity index (χ1v) is 7.99. The number of nitrogens with one attached hydrogen (secondary N) is 2. The van der Waals surface area contributed by atoms with E-state index >= 15 is 0 Å². The lowest BCUT2D eigenvalue weighted by Crippen LogP contribution is -2.29. The molecule has 156 valence electrons. The van der Waals surface area contributed by atoms with Crippen molar-refractivity contribution in [2.45, 2.75) is 12.4 Å². The molecule has 0 bridgehead atoms. The predicted octanol–water partition coefficient (Wildman–Crippen LogP) is 4.75. The number of rotatable bonds is 4. The molecule has 0 unspecified atom stereocenters. The number of hydrogen-bond donors (Lipinski definition) is 2. The van der Waals surface area contributed by atoms with Gasteiger partial charge in [0, 0.05) is 11.4 Å². The van der Waals surface area contributed by atoms with Crippen LogP contribution in [0.1, 0.15) is 11.1 Å². The maximum Gasteiger partial charge on any atom is 0.471 e. The van der Waals surface area contributed by atoms with Crippen LogP contribution in [-0.4, -0.2) is 18.0 Å². The summed E-state index contributed by atoms with van der Waals surface area (Å²) >= 11 is 0. The fourth-order valence-electron chi connectivity index (χ4n) is 2.20. The van der Waals surface area contributed by atoms with Gasteiger partial charge in [-0.1, -0.05) is 18.2 Å². The predicted molar refractivity (Wildman–Crippen MR) is 94.8 cm³/mol. The van der Waals surface area contributed by atoms with Crippen molar-refractivity contribution in [2.75, 3.05) is 10.6 Å². The lowest BCUT2D eigenvalue weighted by atomic mass is 10.1. The van der Waals surface area contributed by atoms with Gasteiger partial charge in [0.05, 0.1) is 5.56 Å². The fourth-order valence-corrected chi connectivity index (χ4v) is 2.20. The monoisotopic (exact) mass is 427 g/mol. The molecule has 2 aromatic rings. The molecule has 0 radical (unpaired) electrons. The number of benzene rings is 2. The summed E-state index contributed by atoms with van der Waals surface area (Å²) in [5, 5.41) is 12.9. The van der Waals surface area contributed by atoms with Crippen molar-refractivity contribution in [1.82, 2.24) is 0 Å². The summed E-state index contributed by atoms with van der Waals surface area (Å²) in [7, 11) is 0. The van der Waals surface area contributed by atoms with E-state index in [9.17, 15) is 35.9 Å². The molecular weight excluding hydrogens is 416 g/mol. The topological polar surface area (TPSA) is 82.0 Å². The summed E-state index contributed by atoms with van der Waals surface area (Å²) in [6, 6.07) is 10.2. The Hall–Kier alpha value is -3.81. The van der Waals surface area contributed by atoms with Gasteiger partial charge in [-0.05, 0) is 42.0 Å². The van der Waals surface area contributed by atoms with E-state index in [2.05, 4.69) is 5.32 Å². The van der Waals surface area contributed by atoms with Gasteiger partial charge in [0.25, 0.3) is 5.91 Å². The zero-order valence-corrected chi connectivity index (χ0v) is 14.7. The molecule has 0 spiro atoms. The maximum absolute atomic E-state index is 12.7. The van der Waals surface area contributed by atoms with E-state index in [1.807, 2.05) is 0 Å². The zero-order chi connectivity index (χ0) is 22.5. The number of amides is 2. The Labute approximate surface area is 165 Å². The summed E-state index contributed by atoms with van der Waals surface area (Å²) in [6.07, 6.45) is -8.73. The molecule has 0 aromatic heterocycles. The molecule has 2 aromatic carbocycles. The van der Waals surface area contributed by atoms with Crippen LogP contribution in [0.2, 0.25) is 0 Å². The minimum Gasteiger partial charge on any atom is -0.321 e. The number of nitriles is 1. The van der Waals surface area contributed by atoms with Crippen LogP contribution in [0.25, 0.3) is 6.08 Å². The van der Waals surface area contributed by atoms with Gasteiger partial charge >= 0.3 is 18.3 Å². The lowest BCUT2D eigenvalue weighted by Gasteiger charge is -2.10. The second-order valence-corrected chi connectivity index (χ2v) is 5.78. The average molecular weight is 427 g/mol. The molecule has 2 N–H and O–H groups in total. The van der Waals surface area contributed by atoms with Crippen molar-refractivity contribution in [3.05, 3.63) is 65.2 Å². The van der Waals surface area contributed by atoms with Gasteiger partial charge in [0.15, 0.2) is 0 Å². The van der Waals surface area contributed by atoms with E-state index in [-0.39, 0.29) is 16.9 Å². The Kier molecular flexibility index (Phi) is 6.51. The number of alkyl halides is 6. The molecule has 2 rings (SSSR count). The summed E-state index contributed by atoms with van der Waals surface area (Å²) < 4.78 is 75.2. The average Bonchev–Trinajstić information content (AvgIpc) is 2.65. The minimum atomic E-state index is -5.10. The standard InChI is InChI=1S/C19H11F6N3O2/c20-18(21,22)13-4-2-6-15(9-13)27-16(29)12(10-26)7-11-3-1-5-14(8-11)28-17(30)19(23,24)25/h1-9H,(H,27,29)(H,28,30)/b12-7+. The van der Waals surface area contributed by atoms with Crippen LogP contribution in [0, 0.1) is 11.3 Å². The molecule has 0 aliphatic carbocycles. The number of anilines is 2. The molecule has 0 fully saturated rings. The Morgan fingerprint density at radius 1 is 0.900 bits per heavy atom. The van der Waals surface area contributed by atoms with Crippen LogP contribution in [0.3, 0.4) is 0 Å². The maximum atomic E-state index is 12.7. The van der Waals surface area contributed by atoms with E-state index in [0.717, 1.165) is 30.3 Å². The third-order valence-electron chi connectivity index (χ3n) is 3.53. The quantitative estimate of drug-likeness (QED) is 0.420. The molecule has 0 heterocycles. The second kappa shape index (κ2) is 8.69. The van der Waals surface area contributed by atoms with Gasteiger partial charge in [0.1, 0.15) is 11.6 Å². The number of nitrogens with zero attached hydrogens (tertiary/aromatic N) is 1. The molecule has 5 nitrogen and oxygen atoms in total. The van der Waals surface area contributed by atoms with Gasteiger partial charge in [-0.25, -0.2) is 0 Å². The van der Waals surface area contributed by atoms with Gasteiger partial charge in [-0.3, -0.25) is 9.59 Å². The first-order chi connectivity index (χ1) is 13.9. The molecule has 0 atom stereocenters. The van der Waals surface area contributed by atoms with E-state index in [1.165, 1.54) is 18.2 Å². The zero-order valence-electron chi connectivity index (χ0n) is 14.7. The van der Waals surface area contributed by atoms with Gasteiger partial charge < -0.3 is 10.6 Å². The fraction of sp³-hybridized carbons (Fsp3) is 0.105. The summed E-state index contributed by atoms with van der Waals surface area (Å²) in [5.41, 5.74) is -1.86. The minimum absolute atomic E-state index is 0.103. The Bertz CT molecular complexity index is 1040. The van der Waals surface area contributed by atoms with Crippen LogP contribution in [0.4, 0.5) is 37.7 Å². The van der Waals surface area contributed by atoms with Crippen molar-refractivity contribution in [2.24, 2.45) is 0 Å². The first-order valence-electron chi connectivity index (χ1n) is 7.99. The molecular formula is C19H11F6N3O2. The number of carbonyl (C=O) groups is 2. The van der Waals surface area contributed by atoms with E-state index in [0.29, 0.717) is 6.07 Å². The highest BCUT2D eigenvalue weighted by Gasteiger charge is 2.38. The van der Waals surface area contributed by atoms with Crippen molar-refractivity contribution >= 4 is 29.3 Å². The van der Waals surface area contributed by atoms with Crippen LogP contribution < -0.4 is 10.6 Å². The van der Waals surface area contributed by atoms with E-state index < -0.39 is 35.3 Å². The third kappa shape index (κ3) is 6.10. The molecule has 11 heteroatoms. The normalized spacial score (nSPS) is 12.1. The van der Waals surface area contributed by atoms with Gasteiger partial charge in [-0.2, -0.15) is 31.6 Å². The summed E-state index contributed by atoms with van der Waals surface area (Å²) in [4.78, 5) is 23.2.